The lowest BCUT2D eigenvalue weighted by Crippen LogP contribution is -2.39. The molecule has 0 atom stereocenters. The van der Waals surface area contributed by atoms with Crippen LogP contribution in [0.3, 0.4) is 0 Å². The molecule has 6 nitrogen and oxygen atoms in total. The Morgan fingerprint density at radius 2 is 2.08 bits per heavy atom. The van der Waals surface area contributed by atoms with E-state index in [-0.39, 0.29) is 18.0 Å². The molecule has 124 valence electrons. The number of nitrogens with zero attached hydrogens (tertiary/aromatic N) is 3. The predicted octanol–water partition coefficient (Wildman–Crippen LogP) is 1.59. The molecule has 1 aliphatic heterocycles. The number of halogens is 1. The van der Waals surface area contributed by atoms with Crippen LogP contribution in [0, 0.1) is 5.82 Å². The van der Waals surface area contributed by atoms with Crippen LogP contribution >= 0.6 is 0 Å². The first-order valence-corrected chi connectivity index (χ1v) is 7.59. The van der Waals surface area contributed by atoms with Crippen molar-refractivity contribution in [2.75, 3.05) is 13.1 Å². The largest absolute Gasteiger partial charge is 0.348 e. The molecule has 0 radical (unpaired) electrons. The SMILES string of the molecule is C=CCNC(=O)c1cnn2c1CN(C(=O)c1ccccc1F)CC2. The van der Waals surface area contributed by atoms with Gasteiger partial charge >= 0.3 is 0 Å². The molecule has 0 aliphatic carbocycles. The van der Waals surface area contributed by atoms with Gasteiger partial charge < -0.3 is 10.2 Å². The molecule has 2 heterocycles. The van der Waals surface area contributed by atoms with Crippen molar-refractivity contribution in [3.05, 3.63) is 65.8 Å². The van der Waals surface area contributed by atoms with Crippen LogP contribution in [0.25, 0.3) is 0 Å². The molecule has 1 aromatic carbocycles. The van der Waals surface area contributed by atoms with E-state index in [4.69, 9.17) is 0 Å². The van der Waals surface area contributed by atoms with E-state index in [1.165, 1.54) is 23.2 Å². The lowest BCUT2D eigenvalue weighted by atomic mass is 10.1. The van der Waals surface area contributed by atoms with Crippen LogP contribution in [0.4, 0.5) is 4.39 Å². The predicted molar refractivity (Wildman–Crippen MR) is 85.9 cm³/mol. The van der Waals surface area contributed by atoms with E-state index < -0.39 is 11.7 Å². The average molecular weight is 328 g/mol. The Hall–Kier alpha value is -2.96. The van der Waals surface area contributed by atoms with Gasteiger partial charge in [0.25, 0.3) is 11.8 Å². The highest BCUT2D eigenvalue weighted by molar-refractivity contribution is 5.96. The van der Waals surface area contributed by atoms with Gasteiger partial charge in [0.2, 0.25) is 0 Å². The van der Waals surface area contributed by atoms with E-state index in [9.17, 15) is 14.0 Å². The Morgan fingerprint density at radius 1 is 1.29 bits per heavy atom. The zero-order chi connectivity index (χ0) is 17.1. The van der Waals surface area contributed by atoms with Gasteiger partial charge in [0.1, 0.15) is 5.82 Å². The summed E-state index contributed by atoms with van der Waals surface area (Å²) in [6.45, 7) is 4.99. The Balaban J connectivity index is 1.82. The third kappa shape index (κ3) is 2.92. The molecule has 0 fully saturated rings. The van der Waals surface area contributed by atoms with Gasteiger partial charge in [-0.2, -0.15) is 5.10 Å². The highest BCUT2D eigenvalue weighted by Crippen LogP contribution is 2.19. The minimum atomic E-state index is -0.550. The second kappa shape index (κ2) is 6.66. The first kappa shape index (κ1) is 15.9. The van der Waals surface area contributed by atoms with Gasteiger partial charge in [-0.3, -0.25) is 14.3 Å². The van der Waals surface area contributed by atoms with Gasteiger partial charge in [-0.05, 0) is 12.1 Å². The Labute approximate surface area is 138 Å². The fourth-order valence-corrected chi connectivity index (χ4v) is 2.67. The normalized spacial score (nSPS) is 13.3. The number of benzene rings is 1. The van der Waals surface area contributed by atoms with E-state index in [1.54, 1.807) is 22.9 Å². The molecule has 0 saturated carbocycles. The monoisotopic (exact) mass is 328 g/mol. The fourth-order valence-electron chi connectivity index (χ4n) is 2.67. The number of fused-ring (bicyclic) bond motifs is 1. The number of hydrogen-bond acceptors (Lipinski definition) is 3. The molecule has 7 heteroatoms. The quantitative estimate of drug-likeness (QED) is 0.867. The first-order valence-electron chi connectivity index (χ1n) is 7.59. The highest BCUT2D eigenvalue weighted by Gasteiger charge is 2.27. The number of amides is 2. The molecule has 3 rings (SSSR count). The maximum Gasteiger partial charge on any atom is 0.257 e. The summed E-state index contributed by atoms with van der Waals surface area (Å²) in [5, 5.41) is 6.88. The van der Waals surface area contributed by atoms with E-state index >= 15 is 0 Å². The van der Waals surface area contributed by atoms with Crippen LogP contribution in [-0.2, 0) is 13.1 Å². The number of hydrogen-bond donors (Lipinski definition) is 1. The maximum absolute atomic E-state index is 13.8. The average Bonchev–Trinajstić information content (AvgIpc) is 3.02. The van der Waals surface area contributed by atoms with E-state index in [1.807, 2.05) is 0 Å². The van der Waals surface area contributed by atoms with Crippen molar-refractivity contribution in [3.8, 4) is 0 Å². The molecular formula is C17H17FN4O2. The van der Waals surface area contributed by atoms with Crippen LogP contribution in [0.15, 0.2) is 43.1 Å². The topological polar surface area (TPSA) is 67.2 Å². The van der Waals surface area contributed by atoms with E-state index in [0.717, 1.165) is 0 Å². The molecule has 2 amide bonds. The maximum atomic E-state index is 13.8. The molecule has 1 N–H and O–H groups in total. The Morgan fingerprint density at radius 3 is 2.83 bits per heavy atom. The van der Waals surface area contributed by atoms with Gasteiger partial charge in [-0.1, -0.05) is 18.2 Å². The lowest BCUT2D eigenvalue weighted by molar-refractivity contribution is 0.0698. The van der Waals surface area contributed by atoms with Crippen molar-refractivity contribution in [2.45, 2.75) is 13.1 Å². The zero-order valence-corrected chi connectivity index (χ0v) is 13.0. The molecule has 1 aliphatic rings. The standard InChI is InChI=1S/C17H17FN4O2/c1-2-7-19-16(23)13-10-20-22-9-8-21(11-15(13)22)17(24)12-5-3-4-6-14(12)18/h2-6,10H,1,7-9,11H2,(H,19,23). The molecule has 2 aromatic rings. The van der Waals surface area contributed by atoms with Crippen molar-refractivity contribution in [1.29, 1.82) is 0 Å². The van der Waals surface area contributed by atoms with Crippen LogP contribution in [0.2, 0.25) is 0 Å². The molecule has 0 saturated heterocycles. The summed E-state index contributed by atoms with van der Waals surface area (Å²) >= 11 is 0. The molecule has 1 aromatic heterocycles. The van der Waals surface area contributed by atoms with Gasteiger partial charge in [-0.15, -0.1) is 6.58 Å². The molecule has 0 bridgehead atoms. The van der Waals surface area contributed by atoms with Gasteiger partial charge in [0.15, 0.2) is 0 Å². The lowest BCUT2D eigenvalue weighted by Gasteiger charge is -2.28. The van der Waals surface area contributed by atoms with Crippen LogP contribution in [0.5, 0.6) is 0 Å². The smallest absolute Gasteiger partial charge is 0.257 e. The van der Waals surface area contributed by atoms with E-state index in [2.05, 4.69) is 17.0 Å². The third-order valence-corrected chi connectivity index (χ3v) is 3.91. The van der Waals surface area contributed by atoms with Crippen molar-refractivity contribution in [2.24, 2.45) is 0 Å². The summed E-state index contributed by atoms with van der Waals surface area (Å²) in [5.74, 6) is -1.21. The van der Waals surface area contributed by atoms with Crippen LogP contribution in [0.1, 0.15) is 26.4 Å². The van der Waals surface area contributed by atoms with Crippen LogP contribution in [-0.4, -0.2) is 39.6 Å². The molecular weight excluding hydrogens is 311 g/mol. The fraction of sp³-hybridized carbons (Fsp3) is 0.235. The Bertz CT molecular complexity index is 800. The van der Waals surface area contributed by atoms with Gasteiger partial charge in [-0.25, -0.2) is 4.39 Å². The molecule has 24 heavy (non-hydrogen) atoms. The second-order valence-corrected chi connectivity index (χ2v) is 5.43. The number of nitrogens with one attached hydrogen (secondary N) is 1. The van der Waals surface area contributed by atoms with Crippen molar-refractivity contribution >= 4 is 11.8 Å². The zero-order valence-electron chi connectivity index (χ0n) is 13.0. The van der Waals surface area contributed by atoms with E-state index in [0.29, 0.717) is 30.9 Å². The summed E-state index contributed by atoms with van der Waals surface area (Å²) < 4.78 is 15.5. The Kier molecular flexibility index (Phi) is 4.41. The molecule has 0 spiro atoms. The summed E-state index contributed by atoms with van der Waals surface area (Å²) in [6.07, 6.45) is 3.08. The summed E-state index contributed by atoms with van der Waals surface area (Å²) in [7, 11) is 0. The number of carbonyl (C=O) groups is 2. The third-order valence-electron chi connectivity index (χ3n) is 3.91. The van der Waals surface area contributed by atoms with Crippen molar-refractivity contribution in [1.82, 2.24) is 20.0 Å². The first-order chi connectivity index (χ1) is 11.6. The summed E-state index contributed by atoms with van der Waals surface area (Å²) in [5.41, 5.74) is 1.10. The van der Waals surface area contributed by atoms with Crippen molar-refractivity contribution < 1.29 is 14.0 Å². The number of aromatic nitrogens is 2. The number of rotatable bonds is 4. The second-order valence-electron chi connectivity index (χ2n) is 5.43. The highest BCUT2D eigenvalue weighted by atomic mass is 19.1. The summed E-state index contributed by atoms with van der Waals surface area (Å²) in [4.78, 5) is 26.2. The summed E-state index contributed by atoms with van der Waals surface area (Å²) in [6, 6.07) is 5.88. The van der Waals surface area contributed by atoms with Crippen LogP contribution < -0.4 is 5.32 Å². The molecule has 0 unspecified atom stereocenters. The van der Waals surface area contributed by atoms with Crippen molar-refractivity contribution in [3.63, 3.8) is 0 Å². The minimum Gasteiger partial charge on any atom is -0.348 e. The van der Waals surface area contributed by atoms with Gasteiger partial charge in [0.05, 0.1) is 36.1 Å². The number of carbonyl (C=O) groups excluding carboxylic acids is 2. The van der Waals surface area contributed by atoms with Gasteiger partial charge in [0, 0.05) is 13.1 Å². The minimum absolute atomic E-state index is 0.0307.